The molecule has 0 saturated heterocycles. The number of amides is 1. The number of hydrogen-bond acceptors (Lipinski definition) is 2. The van der Waals surface area contributed by atoms with Gasteiger partial charge in [-0.25, -0.2) is 0 Å². The Labute approximate surface area is 129 Å². The summed E-state index contributed by atoms with van der Waals surface area (Å²) in [7, 11) is 0. The zero-order chi connectivity index (χ0) is 15.8. The Hall–Kier alpha value is -1.24. The minimum absolute atomic E-state index is 0.0584. The van der Waals surface area contributed by atoms with E-state index >= 15 is 0 Å². The second kappa shape index (κ2) is 5.87. The first-order valence-electron chi connectivity index (χ1n) is 6.52. The van der Waals surface area contributed by atoms with E-state index in [0.717, 1.165) is 9.37 Å². The quantitative estimate of drug-likeness (QED) is 0.815. The maximum Gasteiger partial charge on any atom is 0.406 e. The molecule has 0 saturated carbocycles. The third kappa shape index (κ3) is 3.90. The molecule has 1 heterocycles. The van der Waals surface area contributed by atoms with Gasteiger partial charge >= 0.3 is 6.18 Å². The molecule has 116 valence electrons. The molecule has 0 unspecified atom stereocenters. The van der Waals surface area contributed by atoms with Crippen LogP contribution in [0.25, 0.3) is 0 Å². The van der Waals surface area contributed by atoms with Crippen LogP contribution in [0.5, 0.6) is 5.75 Å². The summed E-state index contributed by atoms with van der Waals surface area (Å²) in [6.07, 6.45) is -4.19. The molecule has 1 amide bonds. The third-order valence-electron chi connectivity index (χ3n) is 3.03. The van der Waals surface area contributed by atoms with E-state index in [-0.39, 0.29) is 18.2 Å². The van der Waals surface area contributed by atoms with Crippen molar-refractivity contribution in [3.63, 3.8) is 0 Å². The van der Waals surface area contributed by atoms with Gasteiger partial charge in [-0.1, -0.05) is 15.9 Å². The largest absolute Gasteiger partial charge is 0.490 e. The number of hydrogen-bond donors (Lipinski definition) is 0. The number of ether oxygens (including phenoxy) is 1. The first-order valence-corrected chi connectivity index (χ1v) is 7.32. The molecule has 0 aliphatic carbocycles. The van der Waals surface area contributed by atoms with Gasteiger partial charge in [-0.2, -0.15) is 13.2 Å². The number of nitrogens with zero attached hydrogens (tertiary/aromatic N) is 1. The molecule has 3 nitrogen and oxygen atoms in total. The summed E-state index contributed by atoms with van der Waals surface area (Å²) >= 11 is 3.33. The van der Waals surface area contributed by atoms with Gasteiger partial charge in [0, 0.05) is 11.0 Å². The van der Waals surface area contributed by atoms with E-state index in [2.05, 4.69) is 15.9 Å². The molecule has 1 aliphatic rings. The molecule has 0 atom stereocenters. The van der Waals surface area contributed by atoms with E-state index in [0.29, 0.717) is 17.7 Å². The average molecular weight is 366 g/mol. The van der Waals surface area contributed by atoms with Crippen LogP contribution in [0.2, 0.25) is 0 Å². The lowest BCUT2D eigenvalue weighted by Gasteiger charge is -2.30. The summed E-state index contributed by atoms with van der Waals surface area (Å²) in [5, 5.41) is 0. The van der Waals surface area contributed by atoms with Crippen LogP contribution < -0.4 is 4.74 Å². The van der Waals surface area contributed by atoms with Gasteiger partial charge in [-0.15, -0.1) is 0 Å². The Kier molecular flexibility index (Phi) is 4.51. The van der Waals surface area contributed by atoms with Crippen molar-refractivity contribution in [3.8, 4) is 5.75 Å². The Morgan fingerprint density at radius 2 is 2.05 bits per heavy atom. The lowest BCUT2D eigenvalue weighted by Crippen LogP contribution is -2.43. The molecule has 21 heavy (non-hydrogen) atoms. The summed E-state index contributed by atoms with van der Waals surface area (Å²) in [5.74, 6) is -0.303. The van der Waals surface area contributed by atoms with E-state index in [4.69, 9.17) is 4.74 Å². The van der Waals surface area contributed by atoms with Gasteiger partial charge in [-0.3, -0.25) is 4.79 Å². The van der Waals surface area contributed by atoms with Crippen molar-refractivity contribution in [1.82, 2.24) is 4.90 Å². The number of alkyl halides is 3. The summed E-state index contributed by atoms with van der Waals surface area (Å²) in [6, 6.07) is 3.37. The molecular weight excluding hydrogens is 351 g/mol. The highest BCUT2D eigenvalue weighted by molar-refractivity contribution is 9.10. The van der Waals surface area contributed by atoms with Crippen molar-refractivity contribution in [1.29, 1.82) is 0 Å². The first-order chi connectivity index (χ1) is 9.67. The maximum absolute atomic E-state index is 12.5. The highest BCUT2D eigenvalue weighted by atomic mass is 79.9. The fourth-order valence-corrected chi connectivity index (χ4v) is 2.79. The smallest absolute Gasteiger partial charge is 0.406 e. The lowest BCUT2D eigenvalue weighted by molar-refractivity contribution is -0.141. The summed E-state index contributed by atoms with van der Waals surface area (Å²) < 4.78 is 43.9. The molecular formula is C14H15BrF3NO2. The first kappa shape index (κ1) is 16.1. The van der Waals surface area contributed by atoms with Gasteiger partial charge in [0.15, 0.2) is 0 Å². The van der Waals surface area contributed by atoms with E-state index < -0.39 is 18.6 Å². The van der Waals surface area contributed by atoms with Gasteiger partial charge in [-0.05, 0) is 38.0 Å². The van der Waals surface area contributed by atoms with Gasteiger partial charge < -0.3 is 9.64 Å². The van der Waals surface area contributed by atoms with Crippen molar-refractivity contribution >= 4 is 21.8 Å². The number of carbonyl (C=O) groups excluding carboxylic acids is 1. The summed E-state index contributed by atoms with van der Waals surface area (Å²) in [4.78, 5) is 13.2. The van der Waals surface area contributed by atoms with Gasteiger partial charge in [0.1, 0.15) is 12.3 Å². The second-order valence-corrected chi connectivity index (χ2v) is 6.11. The lowest BCUT2D eigenvalue weighted by atomic mass is 9.98. The molecule has 0 aromatic heterocycles. The summed E-state index contributed by atoms with van der Waals surface area (Å²) in [5.41, 5.74) is 0.950. The predicted octanol–water partition coefficient (Wildman–Crippen LogP) is 3.80. The fourth-order valence-electron chi connectivity index (χ4n) is 2.31. The van der Waals surface area contributed by atoms with Crippen molar-refractivity contribution in [3.05, 3.63) is 27.7 Å². The number of halogens is 4. The Morgan fingerprint density at radius 1 is 1.38 bits per heavy atom. The van der Waals surface area contributed by atoms with Crippen LogP contribution in [0, 0.1) is 0 Å². The molecule has 0 bridgehead atoms. The summed E-state index contributed by atoms with van der Waals surface area (Å²) in [6.45, 7) is 2.42. The second-order valence-electron chi connectivity index (χ2n) is 5.20. The van der Waals surface area contributed by atoms with Crippen molar-refractivity contribution < 1.29 is 22.7 Å². The van der Waals surface area contributed by atoms with Crippen LogP contribution in [0.4, 0.5) is 13.2 Å². The Balaban J connectivity index is 2.38. The number of rotatable bonds is 3. The third-order valence-corrected chi connectivity index (χ3v) is 3.49. The normalized spacial score (nSPS) is 15.4. The van der Waals surface area contributed by atoms with E-state index in [1.807, 2.05) is 0 Å². The predicted molar refractivity (Wildman–Crippen MR) is 75.6 cm³/mol. The standard InChI is InChI=1S/C14H15BrF3NO2/c1-8(2)21-11-6-10(15)5-9-3-4-19(7-14(16,17)18)13(20)12(9)11/h5-6,8H,3-4,7H2,1-2H3. The van der Waals surface area contributed by atoms with Crippen LogP contribution in [0.1, 0.15) is 29.8 Å². The highest BCUT2D eigenvalue weighted by Gasteiger charge is 2.37. The number of fused-ring (bicyclic) bond motifs is 1. The molecule has 1 aliphatic heterocycles. The fraction of sp³-hybridized carbons (Fsp3) is 0.500. The Morgan fingerprint density at radius 3 is 2.62 bits per heavy atom. The Bertz CT molecular complexity index is 558. The molecule has 0 fully saturated rings. The minimum atomic E-state index is -4.40. The number of benzene rings is 1. The molecule has 0 spiro atoms. The van der Waals surface area contributed by atoms with E-state index in [9.17, 15) is 18.0 Å². The zero-order valence-corrected chi connectivity index (χ0v) is 13.2. The molecule has 1 aromatic carbocycles. The molecule has 0 radical (unpaired) electrons. The van der Waals surface area contributed by atoms with Crippen LogP contribution in [0.15, 0.2) is 16.6 Å². The van der Waals surface area contributed by atoms with Crippen LogP contribution in [-0.4, -0.2) is 36.2 Å². The van der Waals surface area contributed by atoms with Gasteiger partial charge in [0.2, 0.25) is 0 Å². The topological polar surface area (TPSA) is 29.5 Å². The molecule has 7 heteroatoms. The maximum atomic E-state index is 12.5. The number of carbonyl (C=O) groups is 1. The molecule has 1 aromatic rings. The van der Waals surface area contributed by atoms with Crippen molar-refractivity contribution in [2.24, 2.45) is 0 Å². The molecule has 2 rings (SSSR count). The van der Waals surface area contributed by atoms with Crippen LogP contribution in [0.3, 0.4) is 0 Å². The zero-order valence-electron chi connectivity index (χ0n) is 11.6. The SMILES string of the molecule is CC(C)Oc1cc(Br)cc2c1C(=O)N(CC(F)(F)F)CC2. The van der Waals surface area contributed by atoms with E-state index in [1.165, 1.54) is 0 Å². The van der Waals surface area contributed by atoms with Crippen molar-refractivity contribution in [2.45, 2.75) is 32.5 Å². The molecule has 0 N–H and O–H groups in total. The van der Waals surface area contributed by atoms with Gasteiger partial charge in [0.05, 0.1) is 11.7 Å². The van der Waals surface area contributed by atoms with Crippen LogP contribution in [-0.2, 0) is 6.42 Å². The van der Waals surface area contributed by atoms with Crippen molar-refractivity contribution in [2.75, 3.05) is 13.1 Å². The van der Waals surface area contributed by atoms with Gasteiger partial charge in [0.25, 0.3) is 5.91 Å². The monoisotopic (exact) mass is 365 g/mol. The average Bonchev–Trinajstić information content (AvgIpc) is 2.30. The van der Waals surface area contributed by atoms with E-state index in [1.54, 1.807) is 26.0 Å². The van der Waals surface area contributed by atoms with Crippen LogP contribution >= 0.6 is 15.9 Å². The highest BCUT2D eigenvalue weighted by Crippen LogP contribution is 2.33. The minimum Gasteiger partial charge on any atom is -0.490 e.